The van der Waals surface area contributed by atoms with Gasteiger partial charge in [-0.15, -0.1) is 0 Å². The lowest BCUT2D eigenvalue weighted by molar-refractivity contribution is 0.0932. The van der Waals surface area contributed by atoms with Crippen LogP contribution < -0.4 is 10.6 Å². The van der Waals surface area contributed by atoms with Crippen LogP contribution in [0.4, 0.5) is 11.5 Å². The zero-order valence-corrected chi connectivity index (χ0v) is 14.5. The third kappa shape index (κ3) is 3.72. The SMILES string of the molecule is Cc1cc(C)c(Nc2cc(C(=O)NC3CCCC3)ncn2)c(C)c1. The van der Waals surface area contributed by atoms with Crippen LogP contribution in [-0.4, -0.2) is 21.9 Å². The van der Waals surface area contributed by atoms with E-state index in [0.717, 1.165) is 29.7 Å². The van der Waals surface area contributed by atoms with E-state index in [9.17, 15) is 4.79 Å². The van der Waals surface area contributed by atoms with Crippen molar-refractivity contribution >= 4 is 17.4 Å². The Morgan fingerprint density at radius 2 is 1.71 bits per heavy atom. The van der Waals surface area contributed by atoms with Gasteiger partial charge in [-0.3, -0.25) is 4.79 Å². The first-order valence-electron chi connectivity index (χ1n) is 8.50. The van der Waals surface area contributed by atoms with Crippen LogP contribution in [0.15, 0.2) is 24.5 Å². The molecule has 5 heteroatoms. The van der Waals surface area contributed by atoms with Gasteiger partial charge in [-0.2, -0.15) is 0 Å². The van der Waals surface area contributed by atoms with Gasteiger partial charge in [0, 0.05) is 17.8 Å². The van der Waals surface area contributed by atoms with Gasteiger partial charge < -0.3 is 10.6 Å². The molecule has 1 aliphatic carbocycles. The molecule has 0 atom stereocenters. The molecule has 1 fully saturated rings. The van der Waals surface area contributed by atoms with Crippen LogP contribution in [0.3, 0.4) is 0 Å². The molecule has 1 saturated carbocycles. The van der Waals surface area contributed by atoms with Crippen LogP contribution in [0.1, 0.15) is 52.9 Å². The molecule has 1 aliphatic rings. The summed E-state index contributed by atoms with van der Waals surface area (Å²) in [5, 5.41) is 6.38. The Morgan fingerprint density at radius 1 is 1.04 bits per heavy atom. The van der Waals surface area contributed by atoms with Crippen molar-refractivity contribution in [3.05, 3.63) is 46.9 Å². The molecule has 24 heavy (non-hydrogen) atoms. The number of carbonyl (C=O) groups is 1. The lowest BCUT2D eigenvalue weighted by Gasteiger charge is -2.14. The molecule has 0 saturated heterocycles. The Labute approximate surface area is 142 Å². The Bertz CT molecular complexity index is 728. The molecule has 1 aromatic carbocycles. The quantitative estimate of drug-likeness (QED) is 0.897. The number of nitrogens with zero attached hydrogens (tertiary/aromatic N) is 2. The average Bonchev–Trinajstić information content (AvgIpc) is 3.04. The summed E-state index contributed by atoms with van der Waals surface area (Å²) in [6.07, 6.45) is 5.93. The first kappa shape index (κ1) is 16.4. The minimum absolute atomic E-state index is 0.121. The van der Waals surface area contributed by atoms with Crippen molar-refractivity contribution in [2.75, 3.05) is 5.32 Å². The first-order chi connectivity index (χ1) is 11.5. The summed E-state index contributed by atoms with van der Waals surface area (Å²) in [5.74, 6) is 0.515. The van der Waals surface area contributed by atoms with E-state index in [1.54, 1.807) is 6.07 Å². The van der Waals surface area contributed by atoms with E-state index in [4.69, 9.17) is 0 Å². The highest BCUT2D eigenvalue weighted by molar-refractivity contribution is 5.93. The second-order valence-corrected chi connectivity index (χ2v) is 6.64. The molecule has 1 aromatic heterocycles. The van der Waals surface area contributed by atoms with Crippen molar-refractivity contribution in [2.45, 2.75) is 52.5 Å². The van der Waals surface area contributed by atoms with Gasteiger partial charge in [-0.05, 0) is 44.7 Å². The minimum Gasteiger partial charge on any atom is -0.348 e. The molecule has 0 unspecified atom stereocenters. The Kier molecular flexibility index (Phi) is 4.79. The van der Waals surface area contributed by atoms with Crippen molar-refractivity contribution in [3.63, 3.8) is 0 Å². The molecular formula is C19H24N4O. The number of rotatable bonds is 4. The fourth-order valence-electron chi connectivity index (χ4n) is 3.38. The normalized spacial score (nSPS) is 14.6. The molecule has 2 N–H and O–H groups in total. The predicted octanol–water partition coefficient (Wildman–Crippen LogP) is 3.82. The van der Waals surface area contributed by atoms with Gasteiger partial charge in [0.05, 0.1) is 0 Å². The van der Waals surface area contributed by atoms with E-state index in [0.29, 0.717) is 11.5 Å². The summed E-state index contributed by atoms with van der Waals surface area (Å²) in [7, 11) is 0. The summed E-state index contributed by atoms with van der Waals surface area (Å²) >= 11 is 0. The van der Waals surface area contributed by atoms with Crippen molar-refractivity contribution in [1.82, 2.24) is 15.3 Å². The summed E-state index contributed by atoms with van der Waals surface area (Å²) in [5.41, 5.74) is 4.98. The number of hydrogen-bond donors (Lipinski definition) is 2. The highest BCUT2D eigenvalue weighted by Gasteiger charge is 2.19. The van der Waals surface area contributed by atoms with E-state index < -0.39 is 0 Å². The van der Waals surface area contributed by atoms with E-state index in [2.05, 4.69) is 53.5 Å². The zero-order chi connectivity index (χ0) is 17.1. The van der Waals surface area contributed by atoms with E-state index in [1.807, 2.05) is 0 Å². The van der Waals surface area contributed by atoms with Gasteiger partial charge >= 0.3 is 0 Å². The third-order valence-electron chi connectivity index (χ3n) is 4.52. The lowest BCUT2D eigenvalue weighted by Crippen LogP contribution is -2.33. The van der Waals surface area contributed by atoms with Crippen molar-refractivity contribution in [2.24, 2.45) is 0 Å². The Hall–Kier alpha value is -2.43. The van der Waals surface area contributed by atoms with Gasteiger partial charge in [0.25, 0.3) is 5.91 Å². The maximum Gasteiger partial charge on any atom is 0.270 e. The molecule has 5 nitrogen and oxygen atoms in total. The number of benzene rings is 1. The molecule has 0 spiro atoms. The smallest absolute Gasteiger partial charge is 0.270 e. The van der Waals surface area contributed by atoms with Gasteiger partial charge in [-0.25, -0.2) is 9.97 Å². The number of carbonyl (C=O) groups excluding carboxylic acids is 1. The molecule has 2 aromatic rings. The van der Waals surface area contributed by atoms with Crippen molar-refractivity contribution in [1.29, 1.82) is 0 Å². The predicted molar refractivity (Wildman–Crippen MR) is 95.7 cm³/mol. The Morgan fingerprint density at radius 3 is 2.38 bits per heavy atom. The average molecular weight is 324 g/mol. The van der Waals surface area contributed by atoms with Crippen LogP contribution >= 0.6 is 0 Å². The largest absolute Gasteiger partial charge is 0.348 e. The zero-order valence-electron chi connectivity index (χ0n) is 14.5. The molecule has 1 heterocycles. The first-order valence-corrected chi connectivity index (χ1v) is 8.50. The van der Waals surface area contributed by atoms with Gasteiger partial charge in [0.2, 0.25) is 0 Å². The van der Waals surface area contributed by atoms with Crippen LogP contribution in [0.25, 0.3) is 0 Å². The second-order valence-electron chi connectivity index (χ2n) is 6.64. The van der Waals surface area contributed by atoms with Gasteiger partial charge in [0.1, 0.15) is 17.8 Å². The highest BCUT2D eigenvalue weighted by Crippen LogP contribution is 2.25. The lowest BCUT2D eigenvalue weighted by atomic mass is 10.1. The minimum atomic E-state index is -0.121. The van der Waals surface area contributed by atoms with Crippen LogP contribution in [0.2, 0.25) is 0 Å². The summed E-state index contributed by atoms with van der Waals surface area (Å²) in [6, 6.07) is 6.25. The molecule has 0 aliphatic heterocycles. The van der Waals surface area contributed by atoms with E-state index in [1.165, 1.54) is 24.7 Å². The van der Waals surface area contributed by atoms with Gasteiger partial charge in [-0.1, -0.05) is 30.5 Å². The summed E-state index contributed by atoms with van der Waals surface area (Å²) < 4.78 is 0. The fourth-order valence-corrected chi connectivity index (χ4v) is 3.38. The third-order valence-corrected chi connectivity index (χ3v) is 4.52. The molecule has 3 rings (SSSR count). The molecule has 0 radical (unpaired) electrons. The second kappa shape index (κ2) is 6.99. The van der Waals surface area contributed by atoms with Crippen molar-refractivity contribution in [3.8, 4) is 0 Å². The van der Waals surface area contributed by atoms with Crippen LogP contribution in [0.5, 0.6) is 0 Å². The maximum atomic E-state index is 12.4. The van der Waals surface area contributed by atoms with Crippen LogP contribution in [-0.2, 0) is 0 Å². The maximum absolute atomic E-state index is 12.4. The number of aryl methyl sites for hydroxylation is 3. The Balaban J connectivity index is 1.77. The molecule has 126 valence electrons. The summed E-state index contributed by atoms with van der Waals surface area (Å²) in [4.78, 5) is 20.7. The number of nitrogens with one attached hydrogen (secondary N) is 2. The number of hydrogen-bond acceptors (Lipinski definition) is 4. The summed E-state index contributed by atoms with van der Waals surface area (Å²) in [6.45, 7) is 6.22. The van der Waals surface area contributed by atoms with Gasteiger partial charge in [0.15, 0.2) is 0 Å². The molecule has 0 bridgehead atoms. The topological polar surface area (TPSA) is 66.9 Å². The fraction of sp³-hybridized carbons (Fsp3) is 0.421. The highest BCUT2D eigenvalue weighted by atomic mass is 16.1. The standard InChI is InChI=1S/C19H24N4O/c1-12-8-13(2)18(14(3)9-12)23-17-10-16(20-11-21-17)19(24)22-15-6-4-5-7-15/h8-11,15H,4-7H2,1-3H3,(H,22,24)(H,20,21,23). The van der Waals surface area contributed by atoms with Crippen LogP contribution in [0, 0.1) is 20.8 Å². The monoisotopic (exact) mass is 324 g/mol. The number of anilines is 2. The number of aromatic nitrogens is 2. The molecule has 1 amide bonds. The van der Waals surface area contributed by atoms with Crippen molar-refractivity contribution < 1.29 is 4.79 Å². The molecular weight excluding hydrogens is 300 g/mol. The van der Waals surface area contributed by atoms with E-state index in [-0.39, 0.29) is 11.9 Å². The number of amides is 1. The van der Waals surface area contributed by atoms with E-state index >= 15 is 0 Å².